The van der Waals surface area contributed by atoms with Crippen molar-refractivity contribution in [2.75, 3.05) is 5.32 Å². The third-order valence-electron chi connectivity index (χ3n) is 2.66. The van der Waals surface area contributed by atoms with Crippen molar-refractivity contribution in [1.29, 1.82) is 0 Å². The molecule has 92 valence electrons. The molecular weight excluding hydrogens is 268 g/mol. The van der Waals surface area contributed by atoms with Crippen LogP contribution in [0, 0.1) is 6.92 Å². The van der Waals surface area contributed by atoms with E-state index in [0.717, 1.165) is 31.8 Å². The van der Waals surface area contributed by atoms with Crippen molar-refractivity contribution >= 4 is 39.0 Å². The molecule has 0 amide bonds. The highest BCUT2D eigenvalue weighted by Crippen LogP contribution is 2.27. The Hall–Kier alpha value is -1.59. The van der Waals surface area contributed by atoms with Gasteiger partial charge in [0, 0.05) is 10.9 Å². The molecule has 3 aromatic rings. The summed E-state index contributed by atoms with van der Waals surface area (Å²) in [5, 5.41) is 14.7. The summed E-state index contributed by atoms with van der Waals surface area (Å²) in [7, 11) is 0. The van der Waals surface area contributed by atoms with Gasteiger partial charge < -0.3 is 10.3 Å². The maximum Gasteiger partial charge on any atom is 0.205 e. The van der Waals surface area contributed by atoms with Crippen molar-refractivity contribution in [3.8, 4) is 0 Å². The highest BCUT2D eigenvalue weighted by atomic mass is 35.5. The van der Waals surface area contributed by atoms with E-state index in [1.807, 2.05) is 31.2 Å². The number of fused-ring (bicyclic) bond motifs is 1. The van der Waals surface area contributed by atoms with Gasteiger partial charge in [0.2, 0.25) is 5.13 Å². The molecule has 2 aromatic heterocycles. The Labute approximate surface area is 113 Å². The molecule has 0 atom stereocenters. The first kappa shape index (κ1) is 11.5. The summed E-state index contributed by atoms with van der Waals surface area (Å²) < 4.78 is 0. The summed E-state index contributed by atoms with van der Waals surface area (Å²) in [5.74, 6) is 0. The van der Waals surface area contributed by atoms with E-state index in [1.54, 1.807) is 0 Å². The van der Waals surface area contributed by atoms with Crippen molar-refractivity contribution < 1.29 is 0 Å². The highest BCUT2D eigenvalue weighted by Gasteiger charge is 2.09. The summed E-state index contributed by atoms with van der Waals surface area (Å²) in [6.07, 6.45) is 0. The Bertz CT molecular complexity index is 688. The van der Waals surface area contributed by atoms with Crippen molar-refractivity contribution in [2.45, 2.75) is 13.5 Å². The van der Waals surface area contributed by atoms with Crippen LogP contribution in [0.1, 0.15) is 10.7 Å². The highest BCUT2D eigenvalue weighted by molar-refractivity contribution is 7.15. The number of H-pyrrole nitrogens is 1. The number of hydrogen-bond acceptors (Lipinski definition) is 4. The third-order valence-corrected chi connectivity index (χ3v) is 3.88. The lowest BCUT2D eigenvalue weighted by Crippen LogP contribution is -1.99. The van der Waals surface area contributed by atoms with Crippen LogP contribution >= 0.6 is 22.9 Å². The number of aromatic nitrogens is 3. The minimum absolute atomic E-state index is 0.613. The first-order valence-corrected chi connectivity index (χ1v) is 6.72. The number of rotatable bonds is 3. The first-order valence-electron chi connectivity index (χ1n) is 5.53. The summed E-state index contributed by atoms with van der Waals surface area (Å²) in [5.41, 5.74) is 2.01. The molecule has 0 aliphatic rings. The molecule has 18 heavy (non-hydrogen) atoms. The van der Waals surface area contributed by atoms with Gasteiger partial charge in [-0.05, 0) is 13.0 Å². The summed E-state index contributed by atoms with van der Waals surface area (Å²) >= 11 is 7.85. The maximum absolute atomic E-state index is 6.32. The van der Waals surface area contributed by atoms with Crippen LogP contribution in [-0.4, -0.2) is 15.2 Å². The fraction of sp³-hybridized carbons (Fsp3) is 0.167. The van der Waals surface area contributed by atoms with Crippen molar-refractivity contribution in [3.63, 3.8) is 0 Å². The van der Waals surface area contributed by atoms with Gasteiger partial charge in [-0.1, -0.05) is 41.1 Å². The number of nitrogens with zero attached hydrogens (tertiary/aromatic N) is 2. The Morgan fingerprint density at radius 3 is 2.89 bits per heavy atom. The lowest BCUT2D eigenvalue weighted by Gasteiger charge is -1.99. The monoisotopic (exact) mass is 278 g/mol. The molecule has 0 aliphatic heterocycles. The molecule has 2 heterocycles. The van der Waals surface area contributed by atoms with Crippen LogP contribution in [0.2, 0.25) is 5.02 Å². The molecule has 2 N–H and O–H groups in total. The van der Waals surface area contributed by atoms with E-state index in [0.29, 0.717) is 6.54 Å². The number of hydrogen-bond donors (Lipinski definition) is 2. The van der Waals surface area contributed by atoms with Gasteiger partial charge in [-0.25, -0.2) is 0 Å². The quantitative estimate of drug-likeness (QED) is 0.770. The van der Waals surface area contributed by atoms with E-state index >= 15 is 0 Å². The Balaban J connectivity index is 1.84. The summed E-state index contributed by atoms with van der Waals surface area (Å²) in [6.45, 7) is 2.54. The predicted molar refractivity (Wildman–Crippen MR) is 75.3 cm³/mol. The van der Waals surface area contributed by atoms with Gasteiger partial charge in [0.25, 0.3) is 0 Å². The maximum atomic E-state index is 6.32. The summed E-state index contributed by atoms with van der Waals surface area (Å²) in [6, 6.07) is 7.99. The molecule has 6 heteroatoms. The third kappa shape index (κ3) is 2.07. The van der Waals surface area contributed by atoms with Crippen molar-refractivity contribution in [3.05, 3.63) is 40.0 Å². The van der Waals surface area contributed by atoms with Gasteiger partial charge in [0.15, 0.2) is 0 Å². The Morgan fingerprint density at radius 1 is 1.33 bits per heavy atom. The van der Waals surface area contributed by atoms with Gasteiger partial charge in [-0.2, -0.15) is 0 Å². The van der Waals surface area contributed by atoms with E-state index in [-0.39, 0.29) is 0 Å². The van der Waals surface area contributed by atoms with Crippen LogP contribution in [0.25, 0.3) is 10.9 Å². The van der Waals surface area contributed by atoms with E-state index in [9.17, 15) is 0 Å². The molecular formula is C12H11ClN4S. The fourth-order valence-corrected chi connectivity index (χ4v) is 2.68. The van der Waals surface area contributed by atoms with E-state index in [1.165, 1.54) is 11.3 Å². The molecule has 0 unspecified atom stereocenters. The molecule has 3 rings (SSSR count). The second-order valence-electron chi connectivity index (χ2n) is 3.94. The van der Waals surface area contributed by atoms with Crippen LogP contribution in [0.5, 0.6) is 0 Å². The van der Waals surface area contributed by atoms with Crippen molar-refractivity contribution in [1.82, 2.24) is 15.2 Å². The van der Waals surface area contributed by atoms with Gasteiger partial charge in [-0.3, -0.25) is 0 Å². The zero-order chi connectivity index (χ0) is 12.5. The average molecular weight is 279 g/mol. The van der Waals surface area contributed by atoms with Gasteiger partial charge in [-0.15, -0.1) is 10.2 Å². The fourth-order valence-electron chi connectivity index (χ4n) is 1.82. The van der Waals surface area contributed by atoms with Gasteiger partial charge >= 0.3 is 0 Å². The summed E-state index contributed by atoms with van der Waals surface area (Å²) in [4.78, 5) is 3.30. The number of anilines is 1. The Kier molecular flexibility index (Phi) is 2.93. The van der Waals surface area contributed by atoms with Crippen LogP contribution in [-0.2, 0) is 6.54 Å². The number of nitrogens with one attached hydrogen (secondary N) is 2. The molecule has 0 aliphatic carbocycles. The normalized spacial score (nSPS) is 11.0. The van der Waals surface area contributed by atoms with E-state index in [4.69, 9.17) is 11.6 Å². The van der Waals surface area contributed by atoms with Crippen LogP contribution in [0.3, 0.4) is 0 Å². The second-order valence-corrected chi connectivity index (χ2v) is 5.50. The largest absolute Gasteiger partial charge is 0.356 e. The zero-order valence-electron chi connectivity index (χ0n) is 9.70. The SMILES string of the molecule is Cc1nnc(NCc2[nH]c3ccccc3c2Cl)s1. The minimum atomic E-state index is 0.613. The van der Waals surface area contributed by atoms with E-state index < -0.39 is 0 Å². The molecule has 0 fully saturated rings. The molecule has 0 spiro atoms. The first-order chi connectivity index (χ1) is 8.74. The Morgan fingerprint density at radius 2 is 2.17 bits per heavy atom. The van der Waals surface area contributed by atoms with Crippen LogP contribution in [0.15, 0.2) is 24.3 Å². The van der Waals surface area contributed by atoms with Crippen LogP contribution < -0.4 is 5.32 Å². The molecule has 0 bridgehead atoms. The standard InChI is InChI=1S/C12H11ClN4S/c1-7-16-17-12(18-7)14-6-10-11(13)8-4-2-3-5-9(8)15-10/h2-5,15H,6H2,1H3,(H,14,17). The van der Waals surface area contributed by atoms with Gasteiger partial charge in [0.05, 0.1) is 17.3 Å². The average Bonchev–Trinajstić information content (AvgIpc) is 2.92. The lowest BCUT2D eigenvalue weighted by atomic mass is 10.2. The number of benzene rings is 1. The number of aromatic amines is 1. The second kappa shape index (κ2) is 4.59. The van der Waals surface area contributed by atoms with Crippen molar-refractivity contribution in [2.24, 2.45) is 0 Å². The minimum Gasteiger partial charge on any atom is -0.356 e. The molecule has 0 saturated heterocycles. The van der Waals surface area contributed by atoms with E-state index in [2.05, 4.69) is 20.5 Å². The number of halogens is 1. The zero-order valence-corrected chi connectivity index (χ0v) is 11.3. The topological polar surface area (TPSA) is 53.6 Å². The molecule has 0 radical (unpaired) electrons. The van der Waals surface area contributed by atoms with Gasteiger partial charge in [0.1, 0.15) is 5.01 Å². The lowest BCUT2D eigenvalue weighted by molar-refractivity contribution is 1.01. The smallest absolute Gasteiger partial charge is 0.205 e. The number of para-hydroxylation sites is 1. The van der Waals surface area contributed by atoms with Crippen LogP contribution in [0.4, 0.5) is 5.13 Å². The molecule has 1 aromatic carbocycles. The molecule has 4 nitrogen and oxygen atoms in total. The molecule has 0 saturated carbocycles. The predicted octanol–water partition coefficient (Wildman–Crippen LogP) is 3.59. The number of aryl methyl sites for hydroxylation is 1.